The molecule has 0 spiro atoms. The third kappa shape index (κ3) is 6.34. The highest BCUT2D eigenvalue weighted by Gasteiger charge is 2.26. The highest BCUT2D eigenvalue weighted by molar-refractivity contribution is 5.99. The van der Waals surface area contributed by atoms with Gasteiger partial charge >= 0.3 is 0 Å². The molecule has 0 saturated heterocycles. The SMILES string of the molecule is C/C(=C(\C=C/[C@H](C)Nc1ccc(-c2ccccc2)cc1)c1cccc2c1NCC2Nc1ccccc1N)c1ccccc1. The van der Waals surface area contributed by atoms with E-state index in [4.69, 9.17) is 5.73 Å². The third-order valence-electron chi connectivity index (χ3n) is 8.08. The number of fused-ring (bicyclic) bond motifs is 1. The maximum Gasteiger partial charge on any atom is 0.0707 e. The molecule has 0 aromatic heterocycles. The van der Waals surface area contributed by atoms with Crippen molar-refractivity contribution < 1.29 is 0 Å². The van der Waals surface area contributed by atoms with Crippen LogP contribution in [0.15, 0.2) is 140 Å². The summed E-state index contributed by atoms with van der Waals surface area (Å²) in [5, 5.41) is 11.0. The van der Waals surface area contributed by atoms with Crippen LogP contribution in [-0.2, 0) is 0 Å². The summed E-state index contributed by atoms with van der Waals surface area (Å²) in [4.78, 5) is 0. The van der Waals surface area contributed by atoms with E-state index in [1.165, 1.54) is 44.7 Å². The van der Waals surface area contributed by atoms with E-state index >= 15 is 0 Å². The first-order chi connectivity index (χ1) is 21.1. The van der Waals surface area contributed by atoms with Gasteiger partial charge in [0.05, 0.1) is 17.4 Å². The van der Waals surface area contributed by atoms with Gasteiger partial charge in [0.2, 0.25) is 0 Å². The van der Waals surface area contributed by atoms with Crippen LogP contribution in [0.25, 0.3) is 22.3 Å². The summed E-state index contributed by atoms with van der Waals surface area (Å²) in [5.41, 5.74) is 18.8. The predicted octanol–water partition coefficient (Wildman–Crippen LogP) is 9.50. The van der Waals surface area contributed by atoms with Crippen LogP contribution in [0.5, 0.6) is 0 Å². The lowest BCUT2D eigenvalue weighted by molar-refractivity contribution is 0.872. The van der Waals surface area contributed by atoms with Gasteiger partial charge in [0.25, 0.3) is 0 Å². The van der Waals surface area contributed by atoms with E-state index in [-0.39, 0.29) is 12.1 Å². The van der Waals surface area contributed by atoms with Crippen molar-refractivity contribution >= 4 is 33.9 Å². The number of nitrogens with one attached hydrogen (secondary N) is 3. The fraction of sp³-hybridized carbons (Fsp3) is 0.128. The van der Waals surface area contributed by atoms with Crippen molar-refractivity contribution in [2.45, 2.75) is 25.9 Å². The lowest BCUT2D eigenvalue weighted by Gasteiger charge is -2.18. The Balaban J connectivity index is 1.28. The summed E-state index contributed by atoms with van der Waals surface area (Å²) in [6.45, 7) is 5.19. The number of rotatable bonds is 9. The van der Waals surface area contributed by atoms with Crippen LogP contribution in [0, 0.1) is 0 Å². The van der Waals surface area contributed by atoms with Gasteiger partial charge in [-0.3, -0.25) is 0 Å². The zero-order chi connectivity index (χ0) is 29.6. The lowest BCUT2D eigenvalue weighted by Crippen LogP contribution is -2.13. The fourth-order valence-corrected chi connectivity index (χ4v) is 5.74. The number of anilines is 4. The fourth-order valence-electron chi connectivity index (χ4n) is 5.74. The monoisotopic (exact) mass is 562 g/mol. The summed E-state index contributed by atoms with van der Waals surface area (Å²) in [6, 6.07) is 44.5. The van der Waals surface area contributed by atoms with E-state index in [0.29, 0.717) is 0 Å². The number of hydrogen-bond acceptors (Lipinski definition) is 4. The largest absolute Gasteiger partial charge is 0.397 e. The van der Waals surface area contributed by atoms with E-state index in [2.05, 4.69) is 139 Å². The smallest absolute Gasteiger partial charge is 0.0707 e. The van der Waals surface area contributed by atoms with Crippen LogP contribution in [0.2, 0.25) is 0 Å². The molecule has 0 radical (unpaired) electrons. The minimum absolute atomic E-state index is 0.126. The number of nitrogens with two attached hydrogens (primary N) is 1. The van der Waals surface area contributed by atoms with Gasteiger partial charge in [0.1, 0.15) is 0 Å². The summed E-state index contributed by atoms with van der Waals surface area (Å²) in [7, 11) is 0. The first kappa shape index (κ1) is 27.9. The summed E-state index contributed by atoms with van der Waals surface area (Å²) in [5.74, 6) is 0. The molecule has 4 nitrogen and oxygen atoms in total. The Morgan fingerprint density at radius 2 is 1.47 bits per heavy atom. The lowest BCUT2D eigenvalue weighted by atomic mass is 9.92. The minimum Gasteiger partial charge on any atom is -0.397 e. The third-order valence-corrected chi connectivity index (χ3v) is 8.08. The molecule has 0 amide bonds. The summed E-state index contributed by atoms with van der Waals surface area (Å²) in [6.07, 6.45) is 4.52. The highest BCUT2D eigenvalue weighted by Crippen LogP contribution is 2.41. The first-order valence-corrected chi connectivity index (χ1v) is 14.9. The number of para-hydroxylation sites is 3. The normalized spacial score (nSPS) is 15.3. The van der Waals surface area contributed by atoms with E-state index in [0.717, 1.165) is 23.6 Å². The minimum atomic E-state index is 0.126. The molecular weight excluding hydrogens is 524 g/mol. The van der Waals surface area contributed by atoms with Gasteiger partial charge in [-0.05, 0) is 71.5 Å². The van der Waals surface area contributed by atoms with Crippen LogP contribution in [0.1, 0.15) is 36.6 Å². The van der Waals surface area contributed by atoms with Crippen LogP contribution in [-0.4, -0.2) is 12.6 Å². The molecule has 0 aliphatic carbocycles. The summed E-state index contributed by atoms with van der Waals surface area (Å²) >= 11 is 0. The topological polar surface area (TPSA) is 62.1 Å². The van der Waals surface area contributed by atoms with Crippen molar-refractivity contribution in [3.63, 3.8) is 0 Å². The zero-order valence-corrected chi connectivity index (χ0v) is 24.7. The van der Waals surface area contributed by atoms with Crippen molar-refractivity contribution in [3.05, 3.63) is 156 Å². The Hall–Kier alpha value is -5.22. The Labute approximate surface area is 255 Å². The predicted molar refractivity (Wildman–Crippen MR) is 185 cm³/mol. The number of allylic oxidation sites excluding steroid dienone is 3. The molecule has 5 aromatic rings. The molecule has 1 unspecified atom stereocenters. The molecule has 4 heteroatoms. The van der Waals surface area contributed by atoms with Crippen molar-refractivity contribution in [1.29, 1.82) is 0 Å². The zero-order valence-electron chi connectivity index (χ0n) is 24.7. The molecular formula is C39H38N4. The standard InChI is InChI=1S/C39H38N4/c1-27(42-32-23-21-31(22-24-32)30-14-7-4-8-15-30)20-25-33(28(2)29-12-5-3-6-13-29)34-16-11-17-35-38(26-41-39(34)35)43-37-19-10-9-18-36(37)40/h3-25,27,38,41-43H,26,40H2,1-2H3/b25-20-,33-28-/t27-,38?/m0/s1. The van der Waals surface area contributed by atoms with E-state index in [9.17, 15) is 0 Å². The van der Waals surface area contributed by atoms with Crippen LogP contribution < -0.4 is 21.7 Å². The molecule has 6 rings (SSSR count). The van der Waals surface area contributed by atoms with Gasteiger partial charge in [-0.1, -0.05) is 115 Å². The number of benzene rings is 5. The Kier molecular flexibility index (Phi) is 8.28. The molecule has 5 aromatic carbocycles. The molecule has 214 valence electrons. The molecule has 5 N–H and O–H groups in total. The van der Waals surface area contributed by atoms with Crippen molar-refractivity contribution in [3.8, 4) is 11.1 Å². The van der Waals surface area contributed by atoms with Gasteiger partial charge in [0.15, 0.2) is 0 Å². The molecule has 1 aliphatic rings. The van der Waals surface area contributed by atoms with Gasteiger partial charge in [-0.2, -0.15) is 0 Å². The van der Waals surface area contributed by atoms with Gasteiger partial charge < -0.3 is 21.7 Å². The van der Waals surface area contributed by atoms with Crippen LogP contribution in [0.4, 0.5) is 22.7 Å². The maximum atomic E-state index is 6.25. The maximum absolute atomic E-state index is 6.25. The number of nitrogen functional groups attached to an aromatic ring is 1. The van der Waals surface area contributed by atoms with Crippen LogP contribution >= 0.6 is 0 Å². The van der Waals surface area contributed by atoms with Gasteiger partial charge in [0, 0.05) is 29.5 Å². The quantitative estimate of drug-likeness (QED) is 0.0821. The molecule has 43 heavy (non-hydrogen) atoms. The Morgan fingerprint density at radius 3 is 2.21 bits per heavy atom. The van der Waals surface area contributed by atoms with E-state index < -0.39 is 0 Å². The average molecular weight is 563 g/mol. The second-order valence-electron chi connectivity index (χ2n) is 11.1. The van der Waals surface area contributed by atoms with Crippen molar-refractivity contribution in [2.24, 2.45) is 0 Å². The first-order valence-electron chi connectivity index (χ1n) is 14.9. The number of hydrogen-bond donors (Lipinski definition) is 4. The Morgan fingerprint density at radius 1 is 0.791 bits per heavy atom. The van der Waals surface area contributed by atoms with Gasteiger partial charge in [-0.25, -0.2) is 0 Å². The van der Waals surface area contributed by atoms with E-state index in [1.807, 2.05) is 30.3 Å². The summed E-state index contributed by atoms with van der Waals surface area (Å²) < 4.78 is 0. The molecule has 2 atom stereocenters. The Bertz CT molecular complexity index is 1740. The van der Waals surface area contributed by atoms with Crippen LogP contribution in [0.3, 0.4) is 0 Å². The highest BCUT2D eigenvalue weighted by atomic mass is 15.0. The molecule has 1 aliphatic heterocycles. The van der Waals surface area contributed by atoms with Gasteiger partial charge in [-0.15, -0.1) is 0 Å². The molecule has 1 heterocycles. The molecule has 0 bridgehead atoms. The van der Waals surface area contributed by atoms with Crippen molar-refractivity contribution in [1.82, 2.24) is 0 Å². The average Bonchev–Trinajstić information content (AvgIpc) is 3.46. The second kappa shape index (κ2) is 12.7. The van der Waals surface area contributed by atoms with Crippen molar-refractivity contribution in [2.75, 3.05) is 28.2 Å². The molecule has 0 saturated carbocycles. The molecule has 0 fully saturated rings. The second-order valence-corrected chi connectivity index (χ2v) is 11.1. The van der Waals surface area contributed by atoms with E-state index in [1.54, 1.807) is 0 Å².